The topological polar surface area (TPSA) is 121 Å². The smallest absolute Gasteiger partial charge is 0.161 e. The van der Waals surface area contributed by atoms with Crippen LogP contribution in [-0.4, -0.2) is 99.4 Å². The molecule has 0 unspecified atom stereocenters. The van der Waals surface area contributed by atoms with Gasteiger partial charge in [-0.3, -0.25) is 15.1 Å². The van der Waals surface area contributed by atoms with Gasteiger partial charge in [-0.25, -0.2) is 14.4 Å². The van der Waals surface area contributed by atoms with Gasteiger partial charge in [0.25, 0.3) is 0 Å². The largest absolute Gasteiger partial charge is 0.492 e. The van der Waals surface area contributed by atoms with Gasteiger partial charge in [-0.1, -0.05) is 0 Å². The molecule has 6 aromatic rings. The van der Waals surface area contributed by atoms with Crippen LogP contribution in [0.4, 0.5) is 4.39 Å². The fourth-order valence-corrected chi connectivity index (χ4v) is 4.61. The van der Waals surface area contributed by atoms with Crippen LogP contribution in [0.25, 0.3) is 56.0 Å². The first-order valence-electron chi connectivity index (χ1n) is 13.8. The van der Waals surface area contributed by atoms with E-state index in [-0.39, 0.29) is 0 Å². The van der Waals surface area contributed by atoms with Crippen molar-refractivity contribution in [2.45, 2.75) is 0 Å². The molecule has 43 heavy (non-hydrogen) atoms. The minimum absolute atomic E-state index is 0.401. The van der Waals surface area contributed by atoms with E-state index in [9.17, 15) is 4.39 Å². The number of fused-ring (bicyclic) bond motifs is 2. The number of aromatic amines is 2. The molecule has 0 aliphatic carbocycles. The molecule has 0 saturated carbocycles. The third-order valence-corrected chi connectivity index (χ3v) is 6.83. The summed E-state index contributed by atoms with van der Waals surface area (Å²) in [5, 5.41) is 7.56. The first kappa shape index (κ1) is 28.2. The van der Waals surface area contributed by atoms with Gasteiger partial charge in [0.15, 0.2) is 11.5 Å². The van der Waals surface area contributed by atoms with E-state index in [1.54, 1.807) is 30.9 Å². The molecule has 0 amide bonds. The summed E-state index contributed by atoms with van der Waals surface area (Å²) in [6.45, 7) is 2.51. The number of halogens is 1. The van der Waals surface area contributed by atoms with Crippen LogP contribution in [0.15, 0.2) is 61.2 Å². The van der Waals surface area contributed by atoms with Crippen LogP contribution < -0.4 is 9.47 Å². The van der Waals surface area contributed by atoms with Crippen LogP contribution in [-0.2, 0) is 0 Å². The van der Waals surface area contributed by atoms with E-state index in [4.69, 9.17) is 19.4 Å². The molecule has 11 nitrogen and oxygen atoms in total. The van der Waals surface area contributed by atoms with Crippen molar-refractivity contribution >= 4 is 22.1 Å². The van der Waals surface area contributed by atoms with Gasteiger partial charge in [-0.15, -0.1) is 0 Å². The number of benzene rings is 1. The molecule has 0 aliphatic rings. The minimum Gasteiger partial charge on any atom is -0.492 e. The SMILES string of the molecule is CN(C)CCOc1cncc(-c2ccc3[nH]nc(-c4nc5c(-c6cc(F)cc(OCCN(C)C)c6)cncc5[nH]4)c3n2)c1. The fraction of sp³-hybridized carbons (Fsp3) is 0.258. The van der Waals surface area contributed by atoms with Crippen molar-refractivity contribution in [1.29, 1.82) is 0 Å². The highest BCUT2D eigenvalue weighted by molar-refractivity contribution is 5.96. The maximum Gasteiger partial charge on any atom is 0.161 e. The minimum atomic E-state index is -0.401. The molecule has 0 aliphatic heterocycles. The van der Waals surface area contributed by atoms with Crippen LogP contribution in [0.1, 0.15) is 0 Å². The van der Waals surface area contributed by atoms with Gasteiger partial charge in [-0.05, 0) is 64.1 Å². The Hall–Kier alpha value is -4.94. The maximum atomic E-state index is 14.6. The monoisotopic (exact) mass is 581 g/mol. The number of likely N-dealkylation sites (N-methyl/N-ethyl adjacent to an activating group) is 2. The second-order valence-electron chi connectivity index (χ2n) is 10.7. The molecule has 5 heterocycles. The van der Waals surface area contributed by atoms with Crippen molar-refractivity contribution in [2.24, 2.45) is 0 Å². The standard InChI is InChI=1S/C31H32FN9O2/c1-40(2)7-9-42-22-12-19(11-21(32)14-22)24-17-34-18-27-28(24)37-31(36-27)30-29-26(38-39-30)6-5-25(35-29)20-13-23(16-33-15-20)43-10-8-41(3)4/h5-6,11-18H,7-10H2,1-4H3,(H,36,37)(H,38,39). The number of aromatic nitrogens is 7. The van der Waals surface area contributed by atoms with Crippen LogP contribution in [0.5, 0.6) is 11.5 Å². The average molecular weight is 582 g/mol. The van der Waals surface area contributed by atoms with Crippen molar-refractivity contribution in [3.8, 4) is 45.4 Å². The second kappa shape index (κ2) is 12.1. The lowest BCUT2D eigenvalue weighted by molar-refractivity contribution is 0.260. The molecule has 0 spiro atoms. The van der Waals surface area contributed by atoms with Crippen LogP contribution in [0.2, 0.25) is 0 Å². The Morgan fingerprint density at radius 3 is 2.28 bits per heavy atom. The van der Waals surface area contributed by atoms with E-state index in [0.717, 1.165) is 23.3 Å². The van der Waals surface area contributed by atoms with Crippen molar-refractivity contribution in [1.82, 2.24) is 44.9 Å². The lowest BCUT2D eigenvalue weighted by Crippen LogP contribution is -2.19. The Kier molecular flexibility index (Phi) is 7.95. The number of hydrogen-bond acceptors (Lipinski definition) is 9. The molecule has 220 valence electrons. The summed E-state index contributed by atoms with van der Waals surface area (Å²) in [4.78, 5) is 25.9. The third kappa shape index (κ3) is 6.30. The number of rotatable bonds is 11. The zero-order chi connectivity index (χ0) is 29.9. The number of hydrogen-bond donors (Lipinski definition) is 2. The van der Waals surface area contributed by atoms with Crippen molar-refractivity contribution in [2.75, 3.05) is 54.5 Å². The normalized spacial score (nSPS) is 11.7. The van der Waals surface area contributed by atoms with Crippen LogP contribution in [0, 0.1) is 5.82 Å². The molecule has 12 heteroatoms. The van der Waals surface area contributed by atoms with Gasteiger partial charge in [0.2, 0.25) is 0 Å². The number of ether oxygens (including phenoxy) is 2. The van der Waals surface area contributed by atoms with E-state index < -0.39 is 5.82 Å². The first-order valence-corrected chi connectivity index (χ1v) is 13.8. The molecule has 0 saturated heterocycles. The summed E-state index contributed by atoms with van der Waals surface area (Å²) >= 11 is 0. The van der Waals surface area contributed by atoms with Crippen molar-refractivity contribution in [3.05, 3.63) is 67.0 Å². The second-order valence-corrected chi connectivity index (χ2v) is 10.7. The summed E-state index contributed by atoms with van der Waals surface area (Å²) in [6, 6.07) is 10.4. The summed E-state index contributed by atoms with van der Waals surface area (Å²) < 4.78 is 26.3. The number of H-pyrrole nitrogens is 2. The fourth-order valence-electron chi connectivity index (χ4n) is 4.61. The molecular formula is C31H32FN9O2. The molecule has 5 aromatic heterocycles. The van der Waals surface area contributed by atoms with Crippen LogP contribution in [0.3, 0.4) is 0 Å². The Labute approximate surface area is 247 Å². The number of pyridine rings is 3. The highest BCUT2D eigenvalue weighted by Crippen LogP contribution is 2.33. The molecule has 0 atom stereocenters. The van der Waals surface area contributed by atoms with Crippen molar-refractivity contribution in [3.63, 3.8) is 0 Å². The lowest BCUT2D eigenvalue weighted by atomic mass is 10.1. The molecule has 2 N–H and O–H groups in total. The Balaban J connectivity index is 1.33. The average Bonchev–Trinajstić information content (AvgIpc) is 3.60. The third-order valence-electron chi connectivity index (χ3n) is 6.83. The zero-order valence-electron chi connectivity index (χ0n) is 24.4. The lowest BCUT2D eigenvalue weighted by Gasteiger charge is -2.12. The van der Waals surface area contributed by atoms with E-state index in [0.29, 0.717) is 70.5 Å². The molecule has 0 radical (unpaired) electrons. The summed E-state index contributed by atoms with van der Waals surface area (Å²) in [6.07, 6.45) is 6.80. The number of imidazole rings is 1. The van der Waals surface area contributed by atoms with Gasteiger partial charge in [-0.2, -0.15) is 5.10 Å². The Morgan fingerprint density at radius 1 is 0.744 bits per heavy atom. The molecule has 6 rings (SSSR count). The maximum absolute atomic E-state index is 14.6. The number of nitrogens with zero attached hydrogens (tertiary/aromatic N) is 7. The van der Waals surface area contributed by atoms with Crippen molar-refractivity contribution < 1.29 is 13.9 Å². The van der Waals surface area contributed by atoms with Gasteiger partial charge in [0, 0.05) is 42.7 Å². The van der Waals surface area contributed by atoms with E-state index in [2.05, 4.69) is 30.0 Å². The predicted molar refractivity (Wildman–Crippen MR) is 163 cm³/mol. The van der Waals surface area contributed by atoms with E-state index in [1.807, 2.05) is 51.3 Å². The molecular weight excluding hydrogens is 549 g/mol. The summed E-state index contributed by atoms with van der Waals surface area (Å²) in [5.41, 5.74) is 6.10. The van der Waals surface area contributed by atoms with Gasteiger partial charge < -0.3 is 24.3 Å². The highest BCUT2D eigenvalue weighted by atomic mass is 19.1. The van der Waals surface area contributed by atoms with Gasteiger partial charge in [0.05, 0.1) is 34.6 Å². The predicted octanol–water partition coefficient (Wildman–Crippen LogP) is 4.65. The first-order chi connectivity index (χ1) is 20.8. The van der Waals surface area contributed by atoms with Gasteiger partial charge in [0.1, 0.15) is 36.0 Å². The molecule has 0 fully saturated rings. The molecule has 1 aromatic carbocycles. The quantitative estimate of drug-likeness (QED) is 0.225. The van der Waals surface area contributed by atoms with Gasteiger partial charge >= 0.3 is 0 Å². The number of nitrogens with one attached hydrogen (secondary N) is 2. The summed E-state index contributed by atoms with van der Waals surface area (Å²) in [5.74, 6) is 1.23. The highest BCUT2D eigenvalue weighted by Gasteiger charge is 2.18. The van der Waals surface area contributed by atoms with E-state index >= 15 is 0 Å². The van der Waals surface area contributed by atoms with Crippen LogP contribution >= 0.6 is 0 Å². The molecule has 0 bridgehead atoms. The summed E-state index contributed by atoms with van der Waals surface area (Å²) in [7, 11) is 7.91. The Morgan fingerprint density at radius 2 is 1.49 bits per heavy atom. The zero-order valence-corrected chi connectivity index (χ0v) is 24.4. The Bertz CT molecular complexity index is 1880. The van der Waals surface area contributed by atoms with E-state index in [1.165, 1.54) is 12.1 Å².